The first-order valence-electron chi connectivity index (χ1n) is 7.40. The van der Waals surface area contributed by atoms with E-state index < -0.39 is 11.7 Å². The van der Waals surface area contributed by atoms with Crippen LogP contribution in [0.5, 0.6) is 0 Å². The first-order chi connectivity index (χ1) is 12.3. The Morgan fingerprint density at radius 1 is 1.38 bits per heavy atom. The van der Waals surface area contributed by atoms with Gasteiger partial charge in [0.25, 0.3) is 5.91 Å². The Labute approximate surface area is 155 Å². The second-order valence-electron chi connectivity index (χ2n) is 5.26. The number of hydrogen-bond donors (Lipinski definition) is 1. The van der Waals surface area contributed by atoms with Crippen molar-refractivity contribution >= 4 is 46.2 Å². The number of halogens is 4. The molecule has 0 atom stereocenters. The number of nitrogens with one attached hydrogen (secondary N) is 1. The molecule has 5 nitrogen and oxygen atoms in total. The molecule has 26 heavy (non-hydrogen) atoms. The lowest BCUT2D eigenvalue weighted by Gasteiger charge is -2.06. The van der Waals surface area contributed by atoms with Gasteiger partial charge in [0.05, 0.1) is 28.9 Å². The Hall–Kier alpha value is -2.26. The van der Waals surface area contributed by atoms with Crippen LogP contribution < -0.4 is 5.32 Å². The van der Waals surface area contributed by atoms with Crippen molar-refractivity contribution in [2.75, 3.05) is 5.88 Å². The second-order valence-corrected chi connectivity index (χ2v) is 6.66. The summed E-state index contributed by atoms with van der Waals surface area (Å²) in [5.41, 5.74) is 0.0306. The molecule has 0 saturated carbocycles. The van der Waals surface area contributed by atoms with E-state index in [1.54, 1.807) is 23.2 Å². The van der Waals surface area contributed by atoms with Crippen LogP contribution in [0.2, 0.25) is 0 Å². The number of amides is 1. The van der Waals surface area contributed by atoms with Crippen LogP contribution in [-0.4, -0.2) is 26.7 Å². The van der Waals surface area contributed by atoms with Crippen LogP contribution in [0.3, 0.4) is 0 Å². The molecule has 0 spiro atoms. The average Bonchev–Trinajstić information content (AvgIpc) is 3.14. The molecule has 1 amide bonds. The molecule has 1 saturated heterocycles. The molecule has 1 fully saturated rings. The van der Waals surface area contributed by atoms with Crippen molar-refractivity contribution in [2.45, 2.75) is 12.7 Å². The van der Waals surface area contributed by atoms with E-state index in [-0.39, 0.29) is 16.8 Å². The van der Waals surface area contributed by atoms with E-state index in [4.69, 9.17) is 11.6 Å². The van der Waals surface area contributed by atoms with Gasteiger partial charge >= 0.3 is 6.18 Å². The van der Waals surface area contributed by atoms with Gasteiger partial charge in [-0.3, -0.25) is 9.48 Å². The van der Waals surface area contributed by atoms with Gasteiger partial charge in [-0.15, -0.1) is 11.6 Å². The van der Waals surface area contributed by atoms with Crippen LogP contribution in [0.15, 0.2) is 46.6 Å². The summed E-state index contributed by atoms with van der Waals surface area (Å²) in [5.74, 6) is 0.0478. The third-order valence-corrected chi connectivity index (χ3v) is 4.40. The highest BCUT2D eigenvalue weighted by atomic mass is 35.5. The van der Waals surface area contributed by atoms with Crippen molar-refractivity contribution in [3.8, 4) is 0 Å². The van der Waals surface area contributed by atoms with Gasteiger partial charge in [0, 0.05) is 17.6 Å². The number of thioether (sulfide) groups is 1. The van der Waals surface area contributed by atoms with E-state index in [1.807, 2.05) is 0 Å². The van der Waals surface area contributed by atoms with Crippen molar-refractivity contribution < 1.29 is 18.0 Å². The van der Waals surface area contributed by atoms with E-state index in [0.717, 1.165) is 23.9 Å². The van der Waals surface area contributed by atoms with Crippen molar-refractivity contribution in [2.24, 2.45) is 4.99 Å². The highest BCUT2D eigenvalue weighted by Gasteiger charge is 2.30. The molecular weight excluding hydrogens is 389 g/mol. The van der Waals surface area contributed by atoms with Crippen LogP contribution in [0.25, 0.3) is 6.08 Å². The number of carbonyl (C=O) groups is 1. The minimum Gasteiger partial charge on any atom is -0.300 e. The Bertz CT molecular complexity index is 892. The molecule has 10 heteroatoms. The summed E-state index contributed by atoms with van der Waals surface area (Å²) in [5, 5.41) is 6.86. The third-order valence-electron chi connectivity index (χ3n) is 3.32. The third kappa shape index (κ3) is 4.47. The fraction of sp³-hybridized carbons (Fsp3) is 0.188. The summed E-state index contributed by atoms with van der Waals surface area (Å²) in [6, 6.07) is 4.60. The first-order valence-corrected chi connectivity index (χ1v) is 8.75. The number of carbonyl (C=O) groups excluding carboxylic acids is 1. The highest BCUT2D eigenvalue weighted by molar-refractivity contribution is 8.18. The predicted octanol–water partition coefficient (Wildman–Crippen LogP) is 4.03. The maximum Gasteiger partial charge on any atom is 0.416 e. The zero-order valence-corrected chi connectivity index (χ0v) is 14.7. The summed E-state index contributed by atoms with van der Waals surface area (Å²) in [6.07, 6.45) is 0.517. The SMILES string of the molecule is O=C1NC(=Nc2cccc(C(F)(F)F)c2)SC1=Cc1cnn(CCCl)c1. The molecule has 1 aromatic heterocycles. The second kappa shape index (κ2) is 7.55. The zero-order valence-electron chi connectivity index (χ0n) is 13.1. The molecular formula is C16H12ClF3N4OS. The molecule has 1 aliphatic heterocycles. The van der Waals surface area contributed by atoms with Crippen molar-refractivity contribution in [1.29, 1.82) is 0 Å². The summed E-state index contributed by atoms with van der Waals surface area (Å²) in [7, 11) is 0. The average molecular weight is 401 g/mol. The molecule has 1 aromatic carbocycles. The largest absolute Gasteiger partial charge is 0.416 e. The van der Waals surface area contributed by atoms with Crippen molar-refractivity contribution in [3.63, 3.8) is 0 Å². The van der Waals surface area contributed by atoms with E-state index in [0.29, 0.717) is 22.9 Å². The van der Waals surface area contributed by atoms with E-state index in [2.05, 4.69) is 15.4 Å². The van der Waals surface area contributed by atoms with Crippen LogP contribution in [0.1, 0.15) is 11.1 Å². The summed E-state index contributed by atoms with van der Waals surface area (Å²) in [4.78, 5) is 16.5. The molecule has 1 N–H and O–H groups in total. The van der Waals surface area contributed by atoms with Gasteiger partial charge in [-0.2, -0.15) is 18.3 Å². The summed E-state index contributed by atoms with van der Waals surface area (Å²) in [6.45, 7) is 0.548. The van der Waals surface area contributed by atoms with Gasteiger partial charge in [-0.1, -0.05) is 6.07 Å². The highest BCUT2D eigenvalue weighted by Crippen LogP contribution is 2.33. The molecule has 1 aliphatic rings. The summed E-state index contributed by atoms with van der Waals surface area (Å²) >= 11 is 6.69. The monoisotopic (exact) mass is 400 g/mol. The molecule has 0 radical (unpaired) electrons. The van der Waals surface area contributed by atoms with Crippen molar-refractivity contribution in [3.05, 3.63) is 52.7 Å². The zero-order chi connectivity index (χ0) is 18.7. The Balaban J connectivity index is 1.78. The van der Waals surface area contributed by atoms with Gasteiger partial charge < -0.3 is 5.32 Å². The molecule has 0 bridgehead atoms. The Morgan fingerprint density at radius 3 is 2.92 bits per heavy atom. The van der Waals surface area contributed by atoms with Crippen molar-refractivity contribution in [1.82, 2.24) is 15.1 Å². The smallest absolute Gasteiger partial charge is 0.300 e. The lowest BCUT2D eigenvalue weighted by Crippen LogP contribution is -2.19. The number of alkyl halides is 4. The van der Waals surface area contributed by atoms with Gasteiger partial charge in [0.1, 0.15) is 0 Å². The Kier molecular flexibility index (Phi) is 5.38. The van der Waals surface area contributed by atoms with Crippen LogP contribution >= 0.6 is 23.4 Å². The number of aryl methyl sites for hydroxylation is 1. The van der Waals surface area contributed by atoms with Gasteiger partial charge in [-0.05, 0) is 36.0 Å². The van der Waals surface area contributed by atoms with E-state index >= 15 is 0 Å². The molecule has 0 unspecified atom stereocenters. The lowest BCUT2D eigenvalue weighted by atomic mass is 10.2. The minimum atomic E-state index is -4.45. The predicted molar refractivity (Wildman–Crippen MR) is 95.2 cm³/mol. The maximum atomic E-state index is 12.8. The van der Waals surface area contributed by atoms with Crippen LogP contribution in [-0.2, 0) is 17.5 Å². The fourth-order valence-electron chi connectivity index (χ4n) is 2.16. The maximum absolute atomic E-state index is 12.8. The molecule has 0 aliphatic carbocycles. The first kappa shape index (κ1) is 18.5. The van der Waals surface area contributed by atoms with Crippen LogP contribution in [0, 0.1) is 0 Å². The Morgan fingerprint density at radius 2 is 2.19 bits per heavy atom. The quantitative estimate of drug-likeness (QED) is 0.622. The number of nitrogens with zero attached hydrogens (tertiary/aromatic N) is 3. The standard InChI is InChI=1S/C16H12ClF3N4OS/c17-4-5-24-9-10(8-21-24)6-13-14(25)23-15(26-13)22-12-3-1-2-11(7-12)16(18,19)20/h1-3,6-9H,4-5H2,(H,22,23,25). The van der Waals surface area contributed by atoms with Crippen LogP contribution in [0.4, 0.5) is 18.9 Å². The number of rotatable bonds is 4. The van der Waals surface area contributed by atoms with Gasteiger partial charge in [-0.25, -0.2) is 4.99 Å². The molecule has 3 rings (SSSR count). The van der Waals surface area contributed by atoms with Gasteiger partial charge in [0.2, 0.25) is 0 Å². The topological polar surface area (TPSA) is 59.3 Å². The molecule has 2 heterocycles. The lowest BCUT2D eigenvalue weighted by molar-refractivity contribution is -0.137. The number of amidine groups is 1. The summed E-state index contributed by atoms with van der Waals surface area (Å²) < 4.78 is 39.9. The molecule has 136 valence electrons. The number of hydrogen-bond acceptors (Lipinski definition) is 4. The minimum absolute atomic E-state index is 0.110. The van der Waals surface area contributed by atoms with Gasteiger partial charge in [0.15, 0.2) is 5.17 Å². The normalized spacial score (nSPS) is 17.9. The van der Waals surface area contributed by atoms with E-state index in [9.17, 15) is 18.0 Å². The molecule has 2 aromatic rings. The number of aromatic nitrogens is 2. The van der Waals surface area contributed by atoms with E-state index in [1.165, 1.54) is 12.1 Å². The number of aliphatic imine (C=N–C) groups is 1. The number of benzene rings is 1. The fourth-order valence-corrected chi connectivity index (χ4v) is 3.18.